The number of rotatable bonds is 4. The van der Waals surface area contributed by atoms with Crippen molar-refractivity contribution in [1.29, 1.82) is 0 Å². The lowest BCUT2D eigenvalue weighted by molar-refractivity contribution is -0.139. The molecule has 4 nitrogen and oxygen atoms in total. The van der Waals surface area contributed by atoms with Crippen molar-refractivity contribution >= 4 is 6.02 Å². The van der Waals surface area contributed by atoms with Gasteiger partial charge >= 0.3 is 12.1 Å². The highest BCUT2D eigenvalue weighted by Gasteiger charge is 2.55. The molecule has 0 saturated heterocycles. The van der Waals surface area contributed by atoms with Crippen molar-refractivity contribution in [2.45, 2.75) is 31.0 Å². The van der Waals surface area contributed by atoms with Crippen LogP contribution in [-0.2, 0) is 10.3 Å². The quantitative estimate of drug-likeness (QED) is 0.858. The van der Waals surface area contributed by atoms with Crippen LogP contribution in [-0.4, -0.2) is 31.3 Å². The molecule has 0 amide bonds. The fourth-order valence-corrected chi connectivity index (χ4v) is 2.09. The Morgan fingerprint density at radius 1 is 1.35 bits per heavy atom. The van der Waals surface area contributed by atoms with Gasteiger partial charge in [0.15, 0.2) is 12.1 Å². The lowest BCUT2D eigenvalue weighted by Gasteiger charge is -2.37. The topological polar surface area (TPSA) is 56.8 Å². The molecule has 0 bridgehead atoms. The zero-order valence-electron chi connectivity index (χ0n) is 12.2. The van der Waals surface area contributed by atoms with Gasteiger partial charge in [0.1, 0.15) is 5.75 Å². The Morgan fingerprint density at radius 2 is 2.04 bits per heavy atom. The molecule has 2 rings (SSSR count). The molecular formula is C14H15F5N2O2. The van der Waals surface area contributed by atoms with Gasteiger partial charge in [-0.3, -0.25) is 0 Å². The Balaban J connectivity index is 2.23. The average molecular weight is 338 g/mol. The van der Waals surface area contributed by atoms with Crippen LogP contribution in [0.4, 0.5) is 22.0 Å². The van der Waals surface area contributed by atoms with E-state index in [1.54, 1.807) is 0 Å². The second-order valence-electron chi connectivity index (χ2n) is 5.26. The van der Waals surface area contributed by atoms with Crippen molar-refractivity contribution < 1.29 is 31.4 Å². The summed E-state index contributed by atoms with van der Waals surface area (Å²) < 4.78 is 74.2. The maximum atomic E-state index is 14.2. The molecule has 9 heteroatoms. The summed E-state index contributed by atoms with van der Waals surface area (Å²) in [6.45, 7) is -0.357. The summed E-state index contributed by atoms with van der Waals surface area (Å²) in [5.74, 6) is -3.29. The standard InChI is InChI=1S/C14H15F5N2O2/c1-12(13(15,16)8-23-11(20)21-12)9-3-2-4-10(7-9)22-6-5-14(17,18)19/h2-4,7H,5-6,8H2,1H3,(H2,20,21)/t12-/m1/s1. The number of aliphatic imine (C=N–C) groups is 1. The summed E-state index contributed by atoms with van der Waals surface area (Å²) in [6, 6.07) is 5.02. The van der Waals surface area contributed by atoms with Gasteiger partial charge in [-0.05, 0) is 24.6 Å². The molecule has 1 aliphatic heterocycles. The Labute approximate surface area is 129 Å². The molecule has 0 fully saturated rings. The molecule has 1 aliphatic rings. The van der Waals surface area contributed by atoms with E-state index in [9.17, 15) is 22.0 Å². The number of hydrogen-bond donors (Lipinski definition) is 1. The van der Waals surface area contributed by atoms with E-state index in [-0.39, 0.29) is 17.3 Å². The second kappa shape index (κ2) is 5.86. The zero-order chi connectivity index (χ0) is 17.3. The lowest BCUT2D eigenvalue weighted by Crippen LogP contribution is -2.50. The number of nitrogens with zero attached hydrogens (tertiary/aromatic N) is 1. The zero-order valence-corrected chi connectivity index (χ0v) is 12.2. The average Bonchev–Trinajstić information content (AvgIpc) is 2.43. The van der Waals surface area contributed by atoms with Crippen LogP contribution in [0, 0.1) is 0 Å². The highest BCUT2D eigenvalue weighted by molar-refractivity contribution is 5.73. The summed E-state index contributed by atoms with van der Waals surface area (Å²) in [7, 11) is 0. The monoisotopic (exact) mass is 338 g/mol. The molecule has 1 aromatic rings. The molecule has 1 heterocycles. The van der Waals surface area contributed by atoms with E-state index >= 15 is 0 Å². The van der Waals surface area contributed by atoms with Gasteiger partial charge in [0, 0.05) is 0 Å². The fraction of sp³-hybridized carbons (Fsp3) is 0.500. The van der Waals surface area contributed by atoms with E-state index in [2.05, 4.69) is 9.73 Å². The van der Waals surface area contributed by atoms with Crippen molar-refractivity contribution in [2.24, 2.45) is 10.7 Å². The van der Waals surface area contributed by atoms with Gasteiger partial charge in [0.2, 0.25) is 0 Å². The van der Waals surface area contributed by atoms with E-state index in [4.69, 9.17) is 10.5 Å². The van der Waals surface area contributed by atoms with Gasteiger partial charge in [-0.15, -0.1) is 0 Å². The van der Waals surface area contributed by atoms with E-state index in [1.165, 1.54) is 31.2 Å². The number of halogens is 5. The Hall–Kier alpha value is -2.06. The first-order valence-electron chi connectivity index (χ1n) is 6.69. The molecular weight excluding hydrogens is 323 g/mol. The Kier molecular flexibility index (Phi) is 4.41. The number of alkyl halides is 5. The van der Waals surface area contributed by atoms with Crippen LogP contribution < -0.4 is 10.5 Å². The van der Waals surface area contributed by atoms with Crippen LogP contribution in [0.3, 0.4) is 0 Å². The molecule has 1 aromatic carbocycles. The molecule has 128 valence electrons. The second-order valence-corrected chi connectivity index (χ2v) is 5.26. The van der Waals surface area contributed by atoms with Crippen LogP contribution in [0.2, 0.25) is 0 Å². The molecule has 0 aromatic heterocycles. The summed E-state index contributed by atoms with van der Waals surface area (Å²) in [6.07, 6.45) is -5.49. The maximum absolute atomic E-state index is 14.2. The third-order valence-electron chi connectivity index (χ3n) is 3.50. The minimum atomic E-state index is -4.35. The third-order valence-corrected chi connectivity index (χ3v) is 3.50. The lowest BCUT2D eigenvalue weighted by atomic mass is 9.85. The SMILES string of the molecule is C[C@]1(c2cccc(OCCC(F)(F)F)c2)N=C(N)OCC1(F)F. The highest BCUT2D eigenvalue weighted by Crippen LogP contribution is 2.44. The molecule has 0 spiro atoms. The number of nitrogens with two attached hydrogens (primary N) is 1. The molecule has 23 heavy (non-hydrogen) atoms. The number of benzene rings is 1. The van der Waals surface area contributed by atoms with E-state index in [1.807, 2.05) is 0 Å². The fourth-order valence-electron chi connectivity index (χ4n) is 2.09. The van der Waals surface area contributed by atoms with Crippen LogP contribution >= 0.6 is 0 Å². The van der Waals surface area contributed by atoms with Crippen molar-refractivity contribution in [2.75, 3.05) is 13.2 Å². The molecule has 0 saturated carbocycles. The predicted octanol–water partition coefficient (Wildman–Crippen LogP) is 3.21. The minimum Gasteiger partial charge on any atom is -0.493 e. The normalized spacial score (nSPS) is 23.8. The van der Waals surface area contributed by atoms with Crippen molar-refractivity contribution in [3.05, 3.63) is 29.8 Å². The first kappa shape index (κ1) is 17.3. The third kappa shape index (κ3) is 3.83. The first-order valence-corrected chi connectivity index (χ1v) is 6.69. The minimum absolute atomic E-state index is 0.0454. The maximum Gasteiger partial charge on any atom is 0.392 e. The van der Waals surface area contributed by atoms with E-state index in [0.29, 0.717) is 0 Å². The number of amidine groups is 1. The first-order chi connectivity index (χ1) is 10.5. The van der Waals surface area contributed by atoms with Gasteiger partial charge < -0.3 is 15.2 Å². The molecule has 2 N–H and O–H groups in total. The van der Waals surface area contributed by atoms with Gasteiger partial charge in [-0.2, -0.15) is 22.0 Å². The van der Waals surface area contributed by atoms with Crippen molar-refractivity contribution in [1.82, 2.24) is 0 Å². The summed E-state index contributed by atoms with van der Waals surface area (Å²) in [4.78, 5) is 3.68. The predicted molar refractivity (Wildman–Crippen MR) is 72.5 cm³/mol. The smallest absolute Gasteiger partial charge is 0.392 e. The largest absolute Gasteiger partial charge is 0.493 e. The van der Waals surface area contributed by atoms with Crippen molar-refractivity contribution in [3.8, 4) is 5.75 Å². The molecule has 0 radical (unpaired) electrons. The van der Waals surface area contributed by atoms with Crippen LogP contribution in [0.1, 0.15) is 18.9 Å². The van der Waals surface area contributed by atoms with Gasteiger partial charge in [0.05, 0.1) is 13.0 Å². The van der Waals surface area contributed by atoms with Gasteiger partial charge in [-0.1, -0.05) is 12.1 Å². The van der Waals surface area contributed by atoms with Crippen molar-refractivity contribution in [3.63, 3.8) is 0 Å². The van der Waals surface area contributed by atoms with Crippen LogP contribution in [0.25, 0.3) is 0 Å². The Morgan fingerprint density at radius 3 is 2.70 bits per heavy atom. The summed E-state index contributed by atoms with van der Waals surface area (Å²) in [5.41, 5.74) is 3.45. The highest BCUT2D eigenvalue weighted by atomic mass is 19.4. The Bertz CT molecular complexity index is 603. The summed E-state index contributed by atoms with van der Waals surface area (Å²) >= 11 is 0. The molecule has 0 unspecified atom stereocenters. The molecule has 1 atom stereocenters. The van der Waals surface area contributed by atoms with E-state index < -0.39 is 37.3 Å². The van der Waals surface area contributed by atoms with Crippen LogP contribution in [0.5, 0.6) is 5.75 Å². The van der Waals surface area contributed by atoms with Gasteiger partial charge in [-0.25, -0.2) is 4.99 Å². The number of ether oxygens (including phenoxy) is 2. The summed E-state index contributed by atoms with van der Waals surface area (Å²) in [5, 5.41) is 0. The van der Waals surface area contributed by atoms with E-state index in [0.717, 1.165) is 0 Å². The van der Waals surface area contributed by atoms with Gasteiger partial charge in [0.25, 0.3) is 6.02 Å². The molecule has 0 aliphatic carbocycles. The van der Waals surface area contributed by atoms with Crippen LogP contribution in [0.15, 0.2) is 29.3 Å². The number of hydrogen-bond acceptors (Lipinski definition) is 4.